The Hall–Kier alpha value is -3.45. The molecule has 0 unspecified atom stereocenters. The Morgan fingerprint density at radius 1 is 1.00 bits per heavy atom. The summed E-state index contributed by atoms with van der Waals surface area (Å²) in [6.07, 6.45) is 3.41. The predicted molar refractivity (Wildman–Crippen MR) is 106 cm³/mol. The average Bonchev–Trinajstić information content (AvgIpc) is 3.32. The fraction of sp³-hybridized carbons (Fsp3) is 0.100. The molecule has 0 radical (unpaired) electrons. The Labute approximate surface area is 165 Å². The molecule has 5 aromatic rings. The molecule has 8 heteroatoms. The van der Waals surface area contributed by atoms with E-state index in [1.54, 1.807) is 21.7 Å². The molecule has 0 saturated heterocycles. The van der Waals surface area contributed by atoms with Crippen LogP contribution in [-0.4, -0.2) is 29.4 Å². The molecule has 0 aliphatic carbocycles. The van der Waals surface area contributed by atoms with Crippen LogP contribution in [0.3, 0.4) is 0 Å². The van der Waals surface area contributed by atoms with Crippen molar-refractivity contribution in [3.8, 4) is 17.1 Å². The number of fused-ring (bicyclic) bond motifs is 3. The Morgan fingerprint density at radius 2 is 1.79 bits per heavy atom. The van der Waals surface area contributed by atoms with E-state index >= 15 is 0 Å². The van der Waals surface area contributed by atoms with Crippen LogP contribution >= 0.6 is 11.6 Å². The van der Waals surface area contributed by atoms with Gasteiger partial charge < -0.3 is 4.74 Å². The molecule has 0 N–H and O–H groups in total. The highest BCUT2D eigenvalue weighted by atomic mass is 35.5. The van der Waals surface area contributed by atoms with Crippen LogP contribution in [0.25, 0.3) is 28.1 Å². The summed E-state index contributed by atoms with van der Waals surface area (Å²) in [7, 11) is 1.86. The highest BCUT2D eigenvalue weighted by molar-refractivity contribution is 6.30. The summed E-state index contributed by atoms with van der Waals surface area (Å²) in [6.45, 7) is 0.473. The van der Waals surface area contributed by atoms with Gasteiger partial charge in [-0.3, -0.25) is 4.68 Å². The largest absolute Gasteiger partial charge is 0.489 e. The summed E-state index contributed by atoms with van der Waals surface area (Å²) < 4.78 is 9.18. The van der Waals surface area contributed by atoms with Crippen molar-refractivity contribution in [1.29, 1.82) is 0 Å². The molecular formula is C20H15ClN6O. The zero-order chi connectivity index (χ0) is 19.1. The molecule has 0 fully saturated rings. The average molecular weight is 391 g/mol. The maximum atomic E-state index is 5.89. The van der Waals surface area contributed by atoms with Gasteiger partial charge in [-0.2, -0.15) is 5.10 Å². The lowest BCUT2D eigenvalue weighted by Crippen LogP contribution is -1.95. The molecule has 3 aromatic heterocycles. The lowest BCUT2D eigenvalue weighted by molar-refractivity contribution is 0.306. The standard InChI is InChI=1S/C20H15ClN6O/c1-26-19-17(10-23-26)20-24-18(25-27(20)12-22-19)14-4-2-13(3-5-14)11-28-16-8-6-15(21)7-9-16/h2-10,12H,11H2,1H3. The third-order valence-electron chi connectivity index (χ3n) is 4.50. The number of rotatable bonds is 4. The first-order valence-corrected chi connectivity index (χ1v) is 9.06. The van der Waals surface area contributed by atoms with Crippen LogP contribution in [0.5, 0.6) is 5.75 Å². The van der Waals surface area contributed by atoms with Crippen molar-refractivity contribution < 1.29 is 4.74 Å². The molecule has 0 bridgehead atoms. The fourth-order valence-electron chi connectivity index (χ4n) is 3.01. The summed E-state index contributed by atoms with van der Waals surface area (Å²) in [5, 5.41) is 10.3. The van der Waals surface area contributed by atoms with E-state index in [2.05, 4.69) is 20.2 Å². The van der Waals surface area contributed by atoms with Crippen molar-refractivity contribution in [2.75, 3.05) is 0 Å². The van der Waals surface area contributed by atoms with Crippen LogP contribution in [0.1, 0.15) is 5.56 Å². The van der Waals surface area contributed by atoms with Crippen LogP contribution in [0.4, 0.5) is 0 Å². The number of halogens is 1. The minimum Gasteiger partial charge on any atom is -0.489 e. The second-order valence-electron chi connectivity index (χ2n) is 6.39. The van der Waals surface area contributed by atoms with Gasteiger partial charge in [0.2, 0.25) is 0 Å². The number of hydrogen-bond donors (Lipinski definition) is 0. The second kappa shape index (κ2) is 6.61. The lowest BCUT2D eigenvalue weighted by atomic mass is 10.1. The Bertz CT molecular complexity index is 1270. The van der Waals surface area contributed by atoms with Crippen molar-refractivity contribution in [3.63, 3.8) is 0 Å². The van der Waals surface area contributed by atoms with Crippen molar-refractivity contribution >= 4 is 28.3 Å². The Morgan fingerprint density at radius 3 is 2.57 bits per heavy atom. The quantitative estimate of drug-likeness (QED) is 0.465. The Kier molecular flexibility index (Phi) is 3.95. The molecule has 0 atom stereocenters. The van der Waals surface area contributed by atoms with Gasteiger partial charge in [0.05, 0.1) is 11.6 Å². The van der Waals surface area contributed by atoms with Crippen LogP contribution in [-0.2, 0) is 13.7 Å². The lowest BCUT2D eigenvalue weighted by Gasteiger charge is -2.06. The van der Waals surface area contributed by atoms with Gasteiger partial charge >= 0.3 is 0 Å². The number of aryl methyl sites for hydroxylation is 1. The summed E-state index contributed by atoms with van der Waals surface area (Å²) in [4.78, 5) is 9.06. The summed E-state index contributed by atoms with van der Waals surface area (Å²) in [5.74, 6) is 1.42. The number of benzene rings is 2. The second-order valence-corrected chi connectivity index (χ2v) is 6.83. The van der Waals surface area contributed by atoms with E-state index in [4.69, 9.17) is 16.3 Å². The van der Waals surface area contributed by atoms with E-state index in [1.165, 1.54) is 0 Å². The monoisotopic (exact) mass is 390 g/mol. The molecule has 0 saturated carbocycles. The number of aromatic nitrogens is 6. The van der Waals surface area contributed by atoms with E-state index in [0.29, 0.717) is 17.5 Å². The molecule has 7 nitrogen and oxygen atoms in total. The van der Waals surface area contributed by atoms with Crippen molar-refractivity contribution in [3.05, 3.63) is 71.6 Å². The molecule has 138 valence electrons. The molecule has 2 aromatic carbocycles. The van der Waals surface area contributed by atoms with Gasteiger partial charge in [0.25, 0.3) is 0 Å². The van der Waals surface area contributed by atoms with Crippen LogP contribution < -0.4 is 4.74 Å². The molecule has 28 heavy (non-hydrogen) atoms. The topological polar surface area (TPSA) is 70.1 Å². The van der Waals surface area contributed by atoms with Crippen LogP contribution in [0.15, 0.2) is 61.1 Å². The van der Waals surface area contributed by atoms with Gasteiger partial charge in [0.15, 0.2) is 17.1 Å². The first-order chi connectivity index (χ1) is 13.7. The smallest absolute Gasteiger partial charge is 0.182 e. The molecule has 5 rings (SSSR count). The van der Waals surface area contributed by atoms with Gasteiger partial charge in [0.1, 0.15) is 18.7 Å². The molecule has 3 heterocycles. The summed E-state index contributed by atoms with van der Waals surface area (Å²) in [6, 6.07) is 15.3. The van der Waals surface area contributed by atoms with Gasteiger partial charge in [-0.15, -0.1) is 5.10 Å². The van der Waals surface area contributed by atoms with E-state index in [0.717, 1.165) is 33.6 Å². The molecule has 0 aliphatic heterocycles. The number of hydrogen-bond acceptors (Lipinski definition) is 5. The van der Waals surface area contributed by atoms with Crippen LogP contribution in [0, 0.1) is 0 Å². The molecular weight excluding hydrogens is 376 g/mol. The highest BCUT2D eigenvalue weighted by Gasteiger charge is 2.12. The first-order valence-electron chi connectivity index (χ1n) is 8.68. The third-order valence-corrected chi connectivity index (χ3v) is 4.75. The predicted octanol–water partition coefficient (Wildman–Crippen LogP) is 3.91. The maximum absolute atomic E-state index is 5.89. The fourth-order valence-corrected chi connectivity index (χ4v) is 3.13. The summed E-state index contributed by atoms with van der Waals surface area (Å²) in [5.41, 5.74) is 3.50. The first kappa shape index (κ1) is 16.7. The molecule has 0 aliphatic rings. The Balaban J connectivity index is 1.39. The van der Waals surface area contributed by atoms with E-state index in [9.17, 15) is 0 Å². The van der Waals surface area contributed by atoms with Crippen molar-refractivity contribution in [2.24, 2.45) is 7.05 Å². The van der Waals surface area contributed by atoms with Gasteiger partial charge in [-0.25, -0.2) is 14.5 Å². The zero-order valence-electron chi connectivity index (χ0n) is 15.0. The minimum absolute atomic E-state index is 0.473. The minimum atomic E-state index is 0.473. The van der Waals surface area contributed by atoms with E-state index < -0.39 is 0 Å². The van der Waals surface area contributed by atoms with Gasteiger partial charge in [-0.1, -0.05) is 35.9 Å². The third kappa shape index (κ3) is 2.95. The highest BCUT2D eigenvalue weighted by Crippen LogP contribution is 2.22. The van der Waals surface area contributed by atoms with Gasteiger partial charge in [-0.05, 0) is 29.8 Å². The number of nitrogens with zero attached hydrogens (tertiary/aromatic N) is 6. The zero-order valence-corrected chi connectivity index (χ0v) is 15.7. The SMILES string of the molecule is Cn1ncc2c1ncn1nc(-c3ccc(COc4ccc(Cl)cc4)cc3)nc21. The number of ether oxygens (including phenoxy) is 1. The van der Waals surface area contributed by atoms with E-state index in [1.807, 2.05) is 55.6 Å². The van der Waals surface area contributed by atoms with Gasteiger partial charge in [0, 0.05) is 17.6 Å². The van der Waals surface area contributed by atoms with Crippen molar-refractivity contribution in [2.45, 2.75) is 6.61 Å². The molecule has 0 spiro atoms. The van der Waals surface area contributed by atoms with Crippen molar-refractivity contribution in [1.82, 2.24) is 29.4 Å². The van der Waals surface area contributed by atoms with Crippen LogP contribution in [0.2, 0.25) is 5.02 Å². The van der Waals surface area contributed by atoms with E-state index in [-0.39, 0.29) is 0 Å². The molecule has 0 amide bonds. The summed E-state index contributed by atoms with van der Waals surface area (Å²) >= 11 is 5.89. The maximum Gasteiger partial charge on any atom is 0.182 e. The normalized spacial score (nSPS) is 11.4.